The molecule has 0 aromatic carbocycles. The first-order chi connectivity index (χ1) is 9.85. The minimum Gasteiger partial charge on any atom is -0.319 e. The Kier molecular flexibility index (Phi) is 5.18. The largest absolute Gasteiger partial charge is 0.319 e. The molecule has 1 aromatic rings. The van der Waals surface area contributed by atoms with Crippen LogP contribution in [-0.4, -0.2) is 43.3 Å². The number of piperidine rings is 1. The van der Waals surface area contributed by atoms with Gasteiger partial charge in [-0.1, -0.05) is 6.42 Å². The van der Waals surface area contributed by atoms with Gasteiger partial charge >= 0.3 is 0 Å². The number of rotatable bonds is 5. The summed E-state index contributed by atoms with van der Waals surface area (Å²) < 4.78 is 26.6. The first kappa shape index (κ1) is 16.2. The Morgan fingerprint density at radius 3 is 2.81 bits per heavy atom. The zero-order valence-corrected chi connectivity index (χ0v) is 13.4. The van der Waals surface area contributed by atoms with Gasteiger partial charge in [0.05, 0.1) is 6.26 Å². The molecule has 2 rings (SSSR count). The number of sulfonamides is 1. The predicted octanol–water partition coefficient (Wildman–Crippen LogP) is 0.289. The highest BCUT2D eigenvalue weighted by Gasteiger charge is 2.23. The predicted molar refractivity (Wildman–Crippen MR) is 82.6 cm³/mol. The van der Waals surface area contributed by atoms with E-state index in [1.165, 1.54) is 6.26 Å². The van der Waals surface area contributed by atoms with Crippen LogP contribution in [0.25, 0.3) is 0 Å². The molecule has 21 heavy (non-hydrogen) atoms. The van der Waals surface area contributed by atoms with Gasteiger partial charge in [0.1, 0.15) is 0 Å². The summed E-state index contributed by atoms with van der Waals surface area (Å²) in [7, 11) is -1.43. The Balaban J connectivity index is 2.04. The summed E-state index contributed by atoms with van der Waals surface area (Å²) in [6, 6.07) is 3.78. The molecule has 1 N–H and O–H groups in total. The number of pyridine rings is 1. The quantitative estimate of drug-likeness (QED) is 0.848. The first-order valence-electron chi connectivity index (χ1n) is 7.19. The van der Waals surface area contributed by atoms with Gasteiger partial charge in [0.25, 0.3) is 5.56 Å². The monoisotopic (exact) mass is 313 g/mol. The number of aromatic nitrogens is 1. The van der Waals surface area contributed by atoms with E-state index in [-0.39, 0.29) is 11.6 Å². The molecule has 6 nitrogen and oxygen atoms in total. The van der Waals surface area contributed by atoms with Crippen molar-refractivity contribution in [3.8, 4) is 0 Å². The maximum absolute atomic E-state index is 11.7. The van der Waals surface area contributed by atoms with Crippen LogP contribution in [0.4, 0.5) is 0 Å². The second kappa shape index (κ2) is 6.72. The number of nitrogens with one attached hydrogen (secondary N) is 1. The van der Waals surface area contributed by atoms with Crippen molar-refractivity contribution in [3.63, 3.8) is 0 Å². The number of aryl methyl sites for hydroxylation is 1. The summed E-state index contributed by atoms with van der Waals surface area (Å²) in [5.41, 5.74) is 0.958. The molecule has 0 bridgehead atoms. The minimum absolute atomic E-state index is 0.0182. The molecule has 2 heterocycles. The highest BCUT2D eigenvalue weighted by Crippen LogP contribution is 2.19. The van der Waals surface area contributed by atoms with Crippen LogP contribution in [0.3, 0.4) is 0 Å². The van der Waals surface area contributed by atoms with Gasteiger partial charge in [-0.15, -0.1) is 0 Å². The van der Waals surface area contributed by atoms with E-state index >= 15 is 0 Å². The maximum atomic E-state index is 11.7. The number of likely N-dealkylation sites (tertiary alicyclic amines) is 1. The van der Waals surface area contributed by atoms with Crippen LogP contribution in [0, 0.1) is 0 Å². The fourth-order valence-electron chi connectivity index (χ4n) is 2.67. The smallest absolute Gasteiger partial charge is 0.250 e. The van der Waals surface area contributed by atoms with E-state index in [0.717, 1.165) is 31.4 Å². The van der Waals surface area contributed by atoms with Crippen LogP contribution in [0.1, 0.15) is 24.8 Å². The molecule has 0 radical (unpaired) electrons. The molecule has 1 aliphatic rings. The fourth-order valence-corrected chi connectivity index (χ4v) is 3.16. The molecule has 7 heteroatoms. The van der Waals surface area contributed by atoms with Gasteiger partial charge in [0.15, 0.2) is 0 Å². The molecule has 1 fully saturated rings. The van der Waals surface area contributed by atoms with Crippen LogP contribution >= 0.6 is 0 Å². The molecular weight excluding hydrogens is 290 g/mol. The van der Waals surface area contributed by atoms with Crippen molar-refractivity contribution in [1.29, 1.82) is 0 Å². The summed E-state index contributed by atoms with van der Waals surface area (Å²) in [4.78, 5) is 13.9. The SMILES string of the molecule is Cn1ccc(CN2CCCC[C@@H]2CNS(C)(=O)=O)cc1=O. The first-order valence-corrected chi connectivity index (χ1v) is 9.08. The zero-order valence-electron chi connectivity index (χ0n) is 12.6. The third-order valence-corrected chi connectivity index (χ3v) is 4.58. The van der Waals surface area contributed by atoms with E-state index in [0.29, 0.717) is 13.1 Å². The Labute approximate surface area is 125 Å². The van der Waals surface area contributed by atoms with Crippen molar-refractivity contribution < 1.29 is 8.42 Å². The Morgan fingerprint density at radius 1 is 1.38 bits per heavy atom. The summed E-state index contributed by atoms with van der Waals surface area (Å²) in [5, 5.41) is 0. The Morgan fingerprint density at radius 2 is 2.14 bits per heavy atom. The van der Waals surface area contributed by atoms with E-state index in [2.05, 4.69) is 9.62 Å². The summed E-state index contributed by atoms with van der Waals surface area (Å²) in [5.74, 6) is 0. The molecule has 1 aromatic heterocycles. The number of hydrogen-bond donors (Lipinski definition) is 1. The van der Waals surface area contributed by atoms with Crippen molar-refractivity contribution in [2.24, 2.45) is 7.05 Å². The van der Waals surface area contributed by atoms with E-state index in [1.54, 1.807) is 23.9 Å². The molecule has 0 spiro atoms. The van der Waals surface area contributed by atoms with Crippen molar-refractivity contribution in [3.05, 3.63) is 34.2 Å². The van der Waals surface area contributed by atoms with Crippen LogP contribution in [0.5, 0.6) is 0 Å². The second-order valence-corrected chi connectivity index (χ2v) is 7.56. The lowest BCUT2D eigenvalue weighted by molar-refractivity contribution is 0.142. The molecule has 1 saturated heterocycles. The van der Waals surface area contributed by atoms with E-state index in [1.807, 2.05) is 6.07 Å². The lowest BCUT2D eigenvalue weighted by Gasteiger charge is -2.35. The van der Waals surface area contributed by atoms with Crippen molar-refractivity contribution in [2.45, 2.75) is 31.8 Å². The van der Waals surface area contributed by atoms with Gasteiger partial charge in [-0.05, 0) is 31.0 Å². The van der Waals surface area contributed by atoms with Gasteiger partial charge in [0, 0.05) is 38.4 Å². The highest BCUT2D eigenvalue weighted by molar-refractivity contribution is 7.88. The van der Waals surface area contributed by atoms with Crippen molar-refractivity contribution >= 4 is 10.0 Å². The minimum atomic E-state index is -3.16. The molecule has 0 aliphatic carbocycles. The van der Waals surface area contributed by atoms with Crippen molar-refractivity contribution in [1.82, 2.24) is 14.2 Å². The fraction of sp³-hybridized carbons (Fsp3) is 0.643. The third kappa shape index (κ3) is 4.94. The molecular formula is C14H23N3O3S. The molecule has 0 amide bonds. The Bertz CT molecular complexity index is 639. The van der Waals surface area contributed by atoms with Gasteiger partial charge in [-0.2, -0.15) is 0 Å². The summed E-state index contributed by atoms with van der Waals surface area (Å²) in [6.45, 7) is 2.06. The average Bonchev–Trinajstić information content (AvgIpc) is 2.41. The lowest BCUT2D eigenvalue weighted by Crippen LogP contribution is -2.46. The molecule has 1 atom stereocenters. The maximum Gasteiger partial charge on any atom is 0.250 e. The zero-order chi connectivity index (χ0) is 15.5. The topological polar surface area (TPSA) is 71.4 Å². The molecule has 1 aliphatic heterocycles. The van der Waals surface area contributed by atoms with Crippen molar-refractivity contribution in [2.75, 3.05) is 19.3 Å². The highest BCUT2D eigenvalue weighted by atomic mass is 32.2. The van der Waals surface area contributed by atoms with Crippen LogP contribution in [0.15, 0.2) is 23.1 Å². The molecule has 0 saturated carbocycles. The standard InChI is InChI=1S/C14H23N3O3S/c1-16-8-6-12(9-14(16)18)11-17-7-4-3-5-13(17)10-15-21(2,19)20/h6,8-9,13,15H,3-5,7,10-11H2,1-2H3/t13-/m1/s1. The van der Waals surface area contributed by atoms with Gasteiger partial charge in [0.2, 0.25) is 10.0 Å². The normalized spacial score (nSPS) is 20.6. The second-order valence-electron chi connectivity index (χ2n) is 5.72. The lowest BCUT2D eigenvalue weighted by atomic mass is 10.0. The van der Waals surface area contributed by atoms with Gasteiger partial charge < -0.3 is 4.57 Å². The van der Waals surface area contributed by atoms with Crippen LogP contribution in [-0.2, 0) is 23.6 Å². The van der Waals surface area contributed by atoms with Crippen LogP contribution in [0.2, 0.25) is 0 Å². The summed E-state index contributed by atoms with van der Waals surface area (Å²) >= 11 is 0. The van der Waals surface area contributed by atoms with E-state index in [9.17, 15) is 13.2 Å². The molecule has 0 unspecified atom stereocenters. The average molecular weight is 313 g/mol. The van der Waals surface area contributed by atoms with Crippen LogP contribution < -0.4 is 10.3 Å². The van der Waals surface area contributed by atoms with E-state index in [4.69, 9.17) is 0 Å². The summed E-state index contributed by atoms with van der Waals surface area (Å²) in [6.07, 6.45) is 6.16. The number of nitrogens with zero attached hydrogens (tertiary/aromatic N) is 2. The number of hydrogen-bond acceptors (Lipinski definition) is 4. The van der Waals surface area contributed by atoms with Gasteiger partial charge in [-0.3, -0.25) is 9.69 Å². The third-order valence-electron chi connectivity index (χ3n) is 3.88. The van der Waals surface area contributed by atoms with E-state index < -0.39 is 10.0 Å². The Hall–Kier alpha value is -1.18. The molecule has 118 valence electrons. The van der Waals surface area contributed by atoms with Gasteiger partial charge in [-0.25, -0.2) is 13.1 Å².